The van der Waals surface area contributed by atoms with Crippen molar-refractivity contribution in [2.45, 2.75) is 6.92 Å². The molecule has 1 heterocycles. The molecule has 2 aromatic rings. The molecule has 0 aliphatic rings. The van der Waals surface area contributed by atoms with Crippen LogP contribution in [0.5, 0.6) is 0 Å². The molecule has 0 fully saturated rings. The smallest absolute Gasteiger partial charge is 0.217 e. The first-order chi connectivity index (χ1) is 8.16. The van der Waals surface area contributed by atoms with Gasteiger partial charge in [-0.3, -0.25) is 4.79 Å². The largest absolute Gasteiger partial charge is 0.360 e. The molecule has 0 atom stereocenters. The summed E-state index contributed by atoms with van der Waals surface area (Å²) < 4.78 is 13.0. The number of rotatable bonds is 3. The molecule has 17 heavy (non-hydrogen) atoms. The number of halogens is 1. The lowest BCUT2D eigenvalue weighted by molar-refractivity contribution is -0.118. The van der Waals surface area contributed by atoms with Gasteiger partial charge in [-0.05, 0) is 23.8 Å². The second-order valence-electron chi connectivity index (χ2n) is 3.77. The van der Waals surface area contributed by atoms with Crippen LogP contribution in [-0.4, -0.2) is 17.4 Å². The van der Waals surface area contributed by atoms with Gasteiger partial charge in [0.1, 0.15) is 5.82 Å². The Morgan fingerprint density at radius 1 is 1.53 bits per heavy atom. The third kappa shape index (κ3) is 2.72. The summed E-state index contributed by atoms with van der Waals surface area (Å²) in [6.45, 7) is 1.96. The molecule has 1 aromatic heterocycles. The summed E-state index contributed by atoms with van der Waals surface area (Å²) in [7, 11) is 0. The lowest BCUT2D eigenvalue weighted by Crippen LogP contribution is -2.19. The predicted octanol–water partition coefficient (Wildman–Crippen LogP) is 2.46. The quantitative estimate of drug-likeness (QED) is 0.838. The number of hydrogen-bond acceptors (Lipinski definition) is 1. The highest BCUT2D eigenvalue weighted by Gasteiger charge is 2.01. The highest BCUT2D eigenvalue weighted by Crippen LogP contribution is 2.20. The summed E-state index contributed by atoms with van der Waals surface area (Å²) in [5, 5.41) is 3.63. The van der Waals surface area contributed by atoms with Gasteiger partial charge in [-0.15, -0.1) is 0 Å². The fourth-order valence-electron chi connectivity index (χ4n) is 1.65. The molecule has 88 valence electrons. The summed E-state index contributed by atoms with van der Waals surface area (Å²) in [6, 6.07) is 4.63. The number of benzene rings is 1. The van der Waals surface area contributed by atoms with Crippen molar-refractivity contribution >= 4 is 22.9 Å². The molecule has 0 unspecified atom stereocenters. The third-order valence-electron chi connectivity index (χ3n) is 2.44. The Kier molecular flexibility index (Phi) is 3.23. The van der Waals surface area contributed by atoms with E-state index < -0.39 is 0 Å². The van der Waals surface area contributed by atoms with Gasteiger partial charge in [0.2, 0.25) is 5.91 Å². The molecule has 0 aliphatic carbocycles. The number of hydrogen-bond donors (Lipinski definition) is 2. The molecule has 1 aromatic carbocycles. The molecule has 0 saturated carbocycles. The van der Waals surface area contributed by atoms with Crippen molar-refractivity contribution < 1.29 is 9.18 Å². The van der Waals surface area contributed by atoms with Crippen molar-refractivity contribution in [1.82, 2.24) is 10.3 Å². The Morgan fingerprint density at radius 3 is 3.12 bits per heavy atom. The van der Waals surface area contributed by atoms with E-state index in [2.05, 4.69) is 10.3 Å². The molecule has 2 rings (SSSR count). The lowest BCUT2D eigenvalue weighted by atomic mass is 10.1. The van der Waals surface area contributed by atoms with Crippen LogP contribution in [-0.2, 0) is 4.79 Å². The monoisotopic (exact) mass is 232 g/mol. The molecule has 0 saturated heterocycles. The Morgan fingerprint density at radius 2 is 2.35 bits per heavy atom. The van der Waals surface area contributed by atoms with Crippen LogP contribution in [0.2, 0.25) is 0 Å². The second kappa shape index (κ2) is 4.82. The van der Waals surface area contributed by atoms with Crippen molar-refractivity contribution in [2.75, 3.05) is 6.54 Å². The summed E-state index contributed by atoms with van der Waals surface area (Å²) in [5.74, 6) is -0.316. The predicted molar refractivity (Wildman–Crippen MR) is 66.0 cm³/mol. The SMILES string of the molecule is CC(=O)NCC=Cc1c[nH]c2cc(F)ccc12. The van der Waals surface area contributed by atoms with E-state index in [4.69, 9.17) is 0 Å². The number of aromatic amines is 1. The van der Waals surface area contributed by atoms with Crippen molar-refractivity contribution in [3.05, 3.63) is 41.9 Å². The highest BCUT2D eigenvalue weighted by molar-refractivity contribution is 5.88. The van der Waals surface area contributed by atoms with Crippen molar-refractivity contribution in [2.24, 2.45) is 0 Å². The molecule has 0 radical (unpaired) electrons. The lowest BCUT2D eigenvalue weighted by Gasteiger charge is -1.95. The number of carbonyl (C=O) groups excluding carboxylic acids is 1. The number of amides is 1. The highest BCUT2D eigenvalue weighted by atomic mass is 19.1. The van der Waals surface area contributed by atoms with Crippen LogP contribution in [0.4, 0.5) is 4.39 Å². The number of aromatic nitrogens is 1. The first-order valence-electron chi connectivity index (χ1n) is 5.34. The fourth-order valence-corrected chi connectivity index (χ4v) is 1.65. The second-order valence-corrected chi connectivity index (χ2v) is 3.77. The van der Waals surface area contributed by atoms with Gasteiger partial charge in [0, 0.05) is 30.6 Å². The fraction of sp³-hybridized carbons (Fsp3) is 0.154. The van der Waals surface area contributed by atoms with E-state index in [0.29, 0.717) is 6.54 Å². The maximum Gasteiger partial charge on any atom is 0.217 e. The van der Waals surface area contributed by atoms with Crippen LogP contribution in [0.1, 0.15) is 12.5 Å². The van der Waals surface area contributed by atoms with Crippen LogP contribution in [0.3, 0.4) is 0 Å². The first kappa shape index (κ1) is 11.4. The standard InChI is InChI=1S/C13H13FN2O/c1-9(17)15-6-2-3-10-8-16-13-7-11(14)4-5-12(10)13/h2-5,7-8,16H,6H2,1H3,(H,15,17). The summed E-state index contributed by atoms with van der Waals surface area (Å²) >= 11 is 0. The molecule has 1 amide bonds. The van der Waals surface area contributed by atoms with E-state index in [1.807, 2.05) is 18.3 Å². The summed E-state index contributed by atoms with van der Waals surface area (Å²) in [4.78, 5) is 13.7. The van der Waals surface area contributed by atoms with Crippen LogP contribution in [0.25, 0.3) is 17.0 Å². The van der Waals surface area contributed by atoms with Gasteiger partial charge >= 0.3 is 0 Å². The Labute approximate surface area is 98.3 Å². The summed E-state index contributed by atoms with van der Waals surface area (Å²) in [5.41, 5.74) is 1.74. The van der Waals surface area contributed by atoms with Crippen molar-refractivity contribution in [3.8, 4) is 0 Å². The average molecular weight is 232 g/mol. The number of fused-ring (bicyclic) bond motifs is 1. The van der Waals surface area contributed by atoms with E-state index in [1.54, 1.807) is 6.07 Å². The molecular formula is C13H13FN2O. The molecule has 0 spiro atoms. The molecule has 2 N–H and O–H groups in total. The Hall–Kier alpha value is -2.10. The van der Waals surface area contributed by atoms with Crippen LogP contribution < -0.4 is 5.32 Å². The number of H-pyrrole nitrogens is 1. The Balaban J connectivity index is 2.16. The zero-order valence-electron chi connectivity index (χ0n) is 9.46. The van der Waals surface area contributed by atoms with Crippen molar-refractivity contribution in [3.63, 3.8) is 0 Å². The maximum absolute atomic E-state index is 13.0. The van der Waals surface area contributed by atoms with Gasteiger partial charge in [-0.1, -0.05) is 12.2 Å². The van der Waals surface area contributed by atoms with Gasteiger partial charge in [0.15, 0.2) is 0 Å². The molecular weight excluding hydrogens is 219 g/mol. The minimum atomic E-state index is -0.256. The first-order valence-corrected chi connectivity index (χ1v) is 5.34. The molecule has 3 nitrogen and oxygen atoms in total. The number of nitrogens with one attached hydrogen (secondary N) is 2. The van der Waals surface area contributed by atoms with E-state index in [0.717, 1.165) is 16.5 Å². The average Bonchev–Trinajstić information content (AvgIpc) is 2.66. The van der Waals surface area contributed by atoms with Gasteiger partial charge in [-0.2, -0.15) is 0 Å². The van der Waals surface area contributed by atoms with E-state index >= 15 is 0 Å². The molecule has 4 heteroatoms. The van der Waals surface area contributed by atoms with E-state index in [-0.39, 0.29) is 11.7 Å². The normalized spacial score (nSPS) is 11.2. The molecule has 0 aliphatic heterocycles. The van der Waals surface area contributed by atoms with Gasteiger partial charge < -0.3 is 10.3 Å². The van der Waals surface area contributed by atoms with Crippen molar-refractivity contribution in [1.29, 1.82) is 0 Å². The topological polar surface area (TPSA) is 44.9 Å². The third-order valence-corrected chi connectivity index (χ3v) is 2.44. The van der Waals surface area contributed by atoms with Gasteiger partial charge in [0.05, 0.1) is 0 Å². The van der Waals surface area contributed by atoms with Gasteiger partial charge in [-0.25, -0.2) is 4.39 Å². The van der Waals surface area contributed by atoms with E-state index in [9.17, 15) is 9.18 Å². The maximum atomic E-state index is 13.0. The van der Waals surface area contributed by atoms with Gasteiger partial charge in [0.25, 0.3) is 0 Å². The minimum absolute atomic E-state index is 0.0596. The zero-order chi connectivity index (χ0) is 12.3. The molecule has 0 bridgehead atoms. The Bertz CT molecular complexity index is 572. The van der Waals surface area contributed by atoms with E-state index in [1.165, 1.54) is 19.1 Å². The minimum Gasteiger partial charge on any atom is -0.360 e. The van der Waals surface area contributed by atoms with Crippen LogP contribution >= 0.6 is 0 Å². The van der Waals surface area contributed by atoms with Crippen LogP contribution in [0, 0.1) is 5.82 Å². The zero-order valence-corrected chi connectivity index (χ0v) is 9.46. The number of carbonyl (C=O) groups is 1. The van der Waals surface area contributed by atoms with Crippen LogP contribution in [0.15, 0.2) is 30.5 Å². The summed E-state index contributed by atoms with van der Waals surface area (Å²) in [6.07, 6.45) is 5.56.